The summed E-state index contributed by atoms with van der Waals surface area (Å²) in [5.41, 5.74) is 3.06. The van der Waals surface area contributed by atoms with Gasteiger partial charge in [-0.15, -0.1) is 17.9 Å². The van der Waals surface area contributed by atoms with Gasteiger partial charge in [-0.05, 0) is 33.8 Å². The second-order valence-corrected chi connectivity index (χ2v) is 17.6. The van der Waals surface area contributed by atoms with Crippen molar-refractivity contribution in [3.63, 3.8) is 0 Å². The van der Waals surface area contributed by atoms with Crippen LogP contribution in [0, 0.1) is 5.82 Å². The molecule has 10 heteroatoms. The molecule has 0 aliphatic heterocycles. The molecule has 0 saturated carbocycles. The molecule has 1 unspecified atom stereocenters. The van der Waals surface area contributed by atoms with E-state index in [4.69, 9.17) is 4.43 Å². The molecule has 1 atom stereocenters. The van der Waals surface area contributed by atoms with Gasteiger partial charge in [0.1, 0.15) is 5.82 Å². The summed E-state index contributed by atoms with van der Waals surface area (Å²) < 4.78 is 21.5. The van der Waals surface area contributed by atoms with Crippen LogP contribution in [0.4, 0.5) is 14.2 Å². The average molecular weight is 586 g/mol. The van der Waals surface area contributed by atoms with E-state index in [1.165, 1.54) is 17.4 Å². The number of fused-ring (bicyclic) bond motifs is 1. The highest BCUT2D eigenvalue weighted by Gasteiger charge is 2.45. The summed E-state index contributed by atoms with van der Waals surface area (Å²) >= 11 is 1.21. The number of carbonyl (C=O) groups excluding carboxylic acids is 1. The minimum absolute atomic E-state index is 0.0616. The first kappa shape index (κ1) is 31.4. The summed E-state index contributed by atoms with van der Waals surface area (Å²) in [6, 6.07) is 9.16. The lowest BCUT2D eigenvalue weighted by Crippen LogP contribution is -2.47. The quantitative estimate of drug-likeness (QED) is 0.157. The standard InChI is InChI=1S/C30H40FN3O4SSi/c1-8-13-34(30(36)37)17-25(29(35)33-28-14-24-26(31)15-32-16-27(24)39-28)23-11-9-22(10-12-23)18-38-40(19(2)3,20(4)5)21(6)7/h8-12,14-16,19-21,25H,1,13,17-18H2,2-7H3,(H,33,35)(H,36,37). The van der Waals surface area contributed by atoms with E-state index in [1.54, 1.807) is 12.3 Å². The first-order valence-electron chi connectivity index (χ1n) is 13.6. The van der Waals surface area contributed by atoms with Crippen LogP contribution < -0.4 is 5.32 Å². The van der Waals surface area contributed by atoms with Gasteiger partial charge in [-0.2, -0.15) is 0 Å². The third-order valence-corrected chi connectivity index (χ3v) is 14.6. The topological polar surface area (TPSA) is 91.8 Å². The van der Waals surface area contributed by atoms with Crippen molar-refractivity contribution in [1.82, 2.24) is 9.88 Å². The Hall–Kier alpha value is -3.08. The highest BCUT2D eigenvalue weighted by molar-refractivity contribution is 7.22. The number of thiophene rings is 1. The highest BCUT2D eigenvalue weighted by Crippen LogP contribution is 2.42. The Morgan fingerprint density at radius 2 is 1.75 bits per heavy atom. The van der Waals surface area contributed by atoms with Crippen molar-refractivity contribution in [3.8, 4) is 0 Å². The Balaban J connectivity index is 1.87. The number of rotatable bonds is 13. The zero-order valence-electron chi connectivity index (χ0n) is 24.1. The number of nitrogens with one attached hydrogen (secondary N) is 1. The molecule has 0 radical (unpaired) electrons. The van der Waals surface area contributed by atoms with E-state index < -0.39 is 26.1 Å². The second-order valence-electron chi connectivity index (χ2n) is 11.0. The third kappa shape index (κ3) is 6.97. The maximum atomic E-state index is 14.2. The number of hydrogen-bond donors (Lipinski definition) is 2. The van der Waals surface area contributed by atoms with Gasteiger partial charge in [0.25, 0.3) is 0 Å². The Labute approximate surface area is 241 Å². The summed E-state index contributed by atoms with van der Waals surface area (Å²) in [7, 11) is -2.04. The van der Waals surface area contributed by atoms with E-state index in [1.807, 2.05) is 24.3 Å². The number of nitrogens with zero attached hydrogens (tertiary/aromatic N) is 2. The summed E-state index contributed by atoms with van der Waals surface area (Å²) in [5, 5.41) is 13.4. The van der Waals surface area contributed by atoms with Crippen LogP contribution in [0.25, 0.3) is 10.1 Å². The van der Waals surface area contributed by atoms with Crippen molar-refractivity contribution in [1.29, 1.82) is 0 Å². The summed E-state index contributed by atoms with van der Waals surface area (Å²) in [4.78, 5) is 30.4. The monoisotopic (exact) mass is 585 g/mol. The van der Waals surface area contributed by atoms with Gasteiger partial charge in [0.2, 0.25) is 14.2 Å². The number of halogens is 1. The summed E-state index contributed by atoms with van der Waals surface area (Å²) in [6.07, 6.45) is 3.02. The van der Waals surface area contributed by atoms with Crippen LogP contribution in [-0.2, 0) is 15.8 Å². The minimum Gasteiger partial charge on any atom is -0.465 e. The zero-order chi connectivity index (χ0) is 29.6. The van der Waals surface area contributed by atoms with Crippen LogP contribution in [0.15, 0.2) is 55.4 Å². The average Bonchev–Trinajstić information content (AvgIpc) is 3.30. The molecular formula is C30H40FN3O4SSi. The lowest BCUT2D eigenvalue weighted by Gasteiger charge is -2.42. The van der Waals surface area contributed by atoms with Gasteiger partial charge in [0.15, 0.2) is 0 Å². The number of pyridine rings is 1. The molecule has 0 bridgehead atoms. The molecule has 0 saturated heterocycles. The van der Waals surface area contributed by atoms with Gasteiger partial charge < -0.3 is 19.7 Å². The number of carbonyl (C=O) groups is 2. The number of hydrogen-bond acceptors (Lipinski definition) is 5. The van der Waals surface area contributed by atoms with E-state index in [-0.39, 0.29) is 19.0 Å². The molecule has 7 nitrogen and oxygen atoms in total. The van der Waals surface area contributed by atoms with E-state index in [2.05, 4.69) is 58.4 Å². The van der Waals surface area contributed by atoms with E-state index in [0.29, 0.717) is 43.9 Å². The lowest BCUT2D eigenvalue weighted by molar-refractivity contribution is -0.117. The zero-order valence-corrected chi connectivity index (χ0v) is 25.9. The number of benzene rings is 1. The number of aromatic nitrogens is 1. The Morgan fingerprint density at radius 1 is 1.12 bits per heavy atom. The molecule has 0 spiro atoms. The predicted octanol–water partition coefficient (Wildman–Crippen LogP) is 8.02. The van der Waals surface area contributed by atoms with Crippen LogP contribution in [0.2, 0.25) is 16.6 Å². The van der Waals surface area contributed by atoms with Gasteiger partial charge in [-0.3, -0.25) is 9.78 Å². The van der Waals surface area contributed by atoms with Gasteiger partial charge >= 0.3 is 6.09 Å². The Bertz CT molecular complexity index is 1300. The van der Waals surface area contributed by atoms with Crippen LogP contribution in [0.5, 0.6) is 0 Å². The summed E-state index contributed by atoms with van der Waals surface area (Å²) in [6.45, 7) is 17.6. The molecule has 0 aliphatic carbocycles. The van der Waals surface area contributed by atoms with Crippen LogP contribution >= 0.6 is 11.3 Å². The molecule has 1 aromatic carbocycles. The van der Waals surface area contributed by atoms with Gasteiger partial charge in [-0.1, -0.05) is 71.9 Å². The molecule has 2 amide bonds. The highest BCUT2D eigenvalue weighted by atomic mass is 32.1. The molecule has 40 heavy (non-hydrogen) atoms. The molecule has 3 rings (SSSR count). The Kier molecular flexibility index (Phi) is 10.6. The molecule has 2 N–H and O–H groups in total. The predicted molar refractivity (Wildman–Crippen MR) is 163 cm³/mol. The summed E-state index contributed by atoms with van der Waals surface area (Å²) in [5.74, 6) is -1.65. The SMILES string of the molecule is C=CCN(CC(C(=O)Nc1cc2c(F)cncc2s1)c1ccc(CO[Si](C(C)C)(C(C)C)C(C)C)cc1)C(=O)O. The third-order valence-electron chi connectivity index (χ3n) is 7.56. The smallest absolute Gasteiger partial charge is 0.407 e. The largest absolute Gasteiger partial charge is 0.465 e. The second kappa shape index (κ2) is 13.5. The Morgan fingerprint density at radius 3 is 2.27 bits per heavy atom. The molecule has 216 valence electrons. The van der Waals surface area contributed by atoms with Crippen molar-refractivity contribution < 1.29 is 23.5 Å². The molecule has 2 aromatic heterocycles. The first-order valence-corrected chi connectivity index (χ1v) is 16.5. The van der Waals surface area contributed by atoms with Crippen molar-refractivity contribution in [2.45, 2.75) is 70.7 Å². The maximum Gasteiger partial charge on any atom is 0.407 e. The van der Waals surface area contributed by atoms with Crippen LogP contribution in [0.3, 0.4) is 0 Å². The van der Waals surface area contributed by atoms with E-state index >= 15 is 0 Å². The number of anilines is 1. The normalized spacial score (nSPS) is 12.8. The molecule has 3 aromatic rings. The van der Waals surface area contributed by atoms with Gasteiger partial charge in [-0.25, -0.2) is 9.18 Å². The van der Waals surface area contributed by atoms with Gasteiger partial charge in [0, 0.05) is 24.7 Å². The fraction of sp³-hybridized carbons (Fsp3) is 0.433. The van der Waals surface area contributed by atoms with Gasteiger partial charge in [0.05, 0.1) is 28.4 Å². The van der Waals surface area contributed by atoms with Crippen LogP contribution in [-0.4, -0.2) is 48.4 Å². The van der Waals surface area contributed by atoms with Crippen LogP contribution in [0.1, 0.15) is 58.6 Å². The minimum atomic E-state index is -2.04. The van der Waals surface area contributed by atoms with Crippen molar-refractivity contribution in [2.24, 2.45) is 0 Å². The fourth-order valence-corrected chi connectivity index (χ4v) is 12.1. The van der Waals surface area contributed by atoms with Crippen molar-refractivity contribution >= 4 is 46.7 Å². The molecular weight excluding hydrogens is 545 g/mol. The molecule has 0 aliphatic rings. The maximum absolute atomic E-state index is 14.2. The fourth-order valence-electron chi connectivity index (χ4n) is 5.70. The lowest BCUT2D eigenvalue weighted by atomic mass is 9.96. The molecule has 2 heterocycles. The van der Waals surface area contributed by atoms with Crippen molar-refractivity contribution in [3.05, 3.63) is 72.3 Å². The number of amides is 2. The molecule has 0 fully saturated rings. The van der Waals surface area contributed by atoms with Crippen molar-refractivity contribution in [2.75, 3.05) is 18.4 Å². The van der Waals surface area contributed by atoms with E-state index in [0.717, 1.165) is 16.7 Å². The first-order chi connectivity index (χ1) is 18.9. The van der Waals surface area contributed by atoms with E-state index in [9.17, 15) is 19.1 Å². The number of carboxylic acid groups (broad SMARTS) is 1.